The van der Waals surface area contributed by atoms with E-state index in [1.807, 2.05) is 0 Å². The summed E-state index contributed by atoms with van der Waals surface area (Å²) < 4.78 is 43.9. The molecule has 3 rings (SSSR count). The predicted octanol–water partition coefficient (Wildman–Crippen LogP) is 3.08. The number of hydrogen-bond acceptors (Lipinski definition) is 5. The van der Waals surface area contributed by atoms with Gasteiger partial charge >= 0.3 is 12.3 Å². The summed E-state index contributed by atoms with van der Waals surface area (Å²) in [4.78, 5) is 31.4. The maximum atomic E-state index is 12.9. The number of hydrogen-bond donors (Lipinski definition) is 2. The van der Waals surface area contributed by atoms with Gasteiger partial charge in [0.2, 0.25) is 0 Å². The maximum absolute atomic E-state index is 12.9. The molecule has 30 heavy (non-hydrogen) atoms. The Morgan fingerprint density at radius 3 is 2.67 bits per heavy atom. The highest BCUT2D eigenvalue weighted by molar-refractivity contribution is 5.86. The lowest BCUT2D eigenvalue weighted by atomic mass is 10.1. The molecule has 1 unspecified atom stereocenters. The van der Waals surface area contributed by atoms with Gasteiger partial charge in [0, 0.05) is 18.7 Å². The van der Waals surface area contributed by atoms with Crippen LogP contribution in [0.1, 0.15) is 38.3 Å². The fourth-order valence-corrected chi connectivity index (χ4v) is 3.22. The van der Waals surface area contributed by atoms with Crippen molar-refractivity contribution >= 4 is 17.7 Å². The maximum Gasteiger partial charge on any atom is 0.416 e. The molecular weight excluding hydrogens is 403 g/mol. The summed E-state index contributed by atoms with van der Waals surface area (Å²) in [6.07, 6.45) is -3.96. The van der Waals surface area contributed by atoms with E-state index in [1.165, 1.54) is 18.2 Å². The number of hydroxylamine groups is 1. The number of rotatable bonds is 3. The second kappa shape index (κ2) is 8.17. The average Bonchev–Trinajstić information content (AvgIpc) is 3.28. The molecule has 2 atom stereocenters. The molecule has 2 amide bonds. The van der Waals surface area contributed by atoms with Gasteiger partial charge in [0.15, 0.2) is 6.10 Å². The van der Waals surface area contributed by atoms with Crippen molar-refractivity contribution in [1.82, 2.24) is 15.7 Å². The van der Waals surface area contributed by atoms with Gasteiger partial charge in [-0.2, -0.15) is 13.2 Å². The summed E-state index contributed by atoms with van der Waals surface area (Å²) in [6.45, 7) is 6.00. The van der Waals surface area contributed by atoms with Gasteiger partial charge in [-0.15, -0.1) is 0 Å². The molecule has 7 nitrogen and oxygen atoms in total. The fourth-order valence-electron chi connectivity index (χ4n) is 3.22. The molecule has 0 aromatic heterocycles. The van der Waals surface area contributed by atoms with Crippen LogP contribution in [0.15, 0.2) is 30.3 Å². The highest BCUT2D eigenvalue weighted by Crippen LogP contribution is 2.31. The topological polar surface area (TPSA) is 79.9 Å². The first kappa shape index (κ1) is 21.9. The van der Waals surface area contributed by atoms with Crippen LogP contribution in [0, 0.1) is 0 Å². The number of amides is 2. The zero-order valence-electron chi connectivity index (χ0n) is 16.9. The molecule has 0 saturated carbocycles. The molecule has 2 heterocycles. The summed E-state index contributed by atoms with van der Waals surface area (Å²) in [6, 6.07) is 4.52. The van der Waals surface area contributed by atoms with E-state index in [0.717, 1.165) is 12.1 Å². The first-order valence-electron chi connectivity index (χ1n) is 9.52. The van der Waals surface area contributed by atoms with Gasteiger partial charge in [-0.05, 0) is 45.4 Å². The average molecular weight is 427 g/mol. The zero-order chi connectivity index (χ0) is 22.1. The molecule has 2 N–H and O–H groups in total. The van der Waals surface area contributed by atoms with Crippen LogP contribution in [0.2, 0.25) is 0 Å². The van der Waals surface area contributed by atoms with Crippen molar-refractivity contribution in [3.8, 4) is 0 Å². The van der Waals surface area contributed by atoms with Crippen LogP contribution in [0.25, 0.3) is 5.70 Å². The quantitative estimate of drug-likeness (QED) is 0.775. The number of nitrogens with one attached hydrogen (secondary N) is 2. The highest BCUT2D eigenvalue weighted by Gasteiger charge is 2.35. The number of halogens is 3. The Labute approximate surface area is 172 Å². The van der Waals surface area contributed by atoms with E-state index in [0.29, 0.717) is 25.2 Å². The van der Waals surface area contributed by atoms with Crippen molar-refractivity contribution in [2.75, 3.05) is 13.1 Å². The number of likely N-dealkylation sites (tertiary alicyclic amines) is 1. The van der Waals surface area contributed by atoms with Crippen LogP contribution in [-0.4, -0.2) is 47.7 Å². The second-order valence-corrected chi connectivity index (χ2v) is 8.22. The van der Waals surface area contributed by atoms with Crippen molar-refractivity contribution < 1.29 is 32.3 Å². The largest absolute Gasteiger partial charge is 0.444 e. The lowest BCUT2D eigenvalue weighted by molar-refractivity contribution is -0.141. The normalized spacial score (nSPS) is 21.8. The van der Waals surface area contributed by atoms with Gasteiger partial charge in [-0.3, -0.25) is 15.1 Å². The van der Waals surface area contributed by atoms with Crippen LogP contribution >= 0.6 is 0 Å². The third-order valence-electron chi connectivity index (χ3n) is 4.58. The molecule has 1 aromatic carbocycles. The Bertz CT molecular complexity index is 848. The minimum atomic E-state index is -4.46. The smallest absolute Gasteiger partial charge is 0.416 e. The number of carbonyl (C=O) groups excluding carboxylic acids is 2. The molecule has 0 aliphatic carbocycles. The standard InChI is InChI=1S/C20H24F3N3O4/c1-19(2,3)29-18(28)24-14-7-8-26(11-14)17(27)16-10-15(25-30-16)12-5-4-6-13(9-12)20(21,22)23/h4-6,9-10,14,16,25H,7-8,11H2,1-3H3,(H,24,28)/t14-,16?/m0/s1. The number of nitrogens with zero attached hydrogens (tertiary/aromatic N) is 1. The first-order chi connectivity index (χ1) is 13.9. The van der Waals surface area contributed by atoms with Crippen molar-refractivity contribution in [2.45, 2.75) is 51.1 Å². The summed E-state index contributed by atoms with van der Waals surface area (Å²) >= 11 is 0. The Hall–Kier alpha value is -2.75. The number of carbonyl (C=O) groups is 2. The van der Waals surface area contributed by atoms with Gasteiger partial charge in [0.05, 0.1) is 17.3 Å². The Morgan fingerprint density at radius 1 is 1.27 bits per heavy atom. The molecule has 164 valence electrons. The fraction of sp³-hybridized carbons (Fsp3) is 0.500. The Morgan fingerprint density at radius 2 is 2.00 bits per heavy atom. The number of alkyl halides is 3. The number of benzene rings is 1. The van der Waals surface area contributed by atoms with Gasteiger partial charge in [0.25, 0.3) is 5.91 Å². The molecule has 0 radical (unpaired) electrons. The van der Waals surface area contributed by atoms with Crippen molar-refractivity contribution in [1.29, 1.82) is 0 Å². The van der Waals surface area contributed by atoms with Crippen molar-refractivity contribution in [3.63, 3.8) is 0 Å². The molecule has 2 aliphatic heterocycles. The molecule has 1 saturated heterocycles. The van der Waals surface area contributed by atoms with Gasteiger partial charge in [-0.25, -0.2) is 4.79 Å². The van der Waals surface area contributed by atoms with Crippen molar-refractivity contribution in [3.05, 3.63) is 41.5 Å². The third kappa shape index (κ3) is 5.44. The van der Waals surface area contributed by atoms with Gasteiger partial charge in [0.1, 0.15) is 5.60 Å². The van der Waals surface area contributed by atoms with Gasteiger partial charge in [-0.1, -0.05) is 12.1 Å². The van der Waals surface area contributed by atoms with Crippen LogP contribution in [0.3, 0.4) is 0 Å². The summed E-state index contributed by atoms with van der Waals surface area (Å²) in [5.74, 6) is -0.335. The molecule has 0 spiro atoms. The predicted molar refractivity (Wildman–Crippen MR) is 102 cm³/mol. The first-order valence-corrected chi connectivity index (χ1v) is 9.52. The van der Waals surface area contributed by atoms with E-state index in [9.17, 15) is 22.8 Å². The van der Waals surface area contributed by atoms with E-state index >= 15 is 0 Å². The molecule has 10 heteroatoms. The molecular formula is C20H24F3N3O4. The van der Waals surface area contributed by atoms with Crippen LogP contribution in [0.5, 0.6) is 0 Å². The van der Waals surface area contributed by atoms with E-state index in [-0.39, 0.29) is 17.5 Å². The number of ether oxygens (including phenoxy) is 1. The second-order valence-electron chi connectivity index (χ2n) is 8.22. The summed E-state index contributed by atoms with van der Waals surface area (Å²) in [5, 5.41) is 2.73. The van der Waals surface area contributed by atoms with Crippen LogP contribution < -0.4 is 10.8 Å². The molecule has 2 aliphatic rings. The summed E-state index contributed by atoms with van der Waals surface area (Å²) in [7, 11) is 0. The van der Waals surface area contributed by atoms with E-state index < -0.39 is 29.5 Å². The number of alkyl carbamates (subject to hydrolysis) is 1. The molecule has 0 bridgehead atoms. The highest BCUT2D eigenvalue weighted by atomic mass is 19.4. The lowest BCUT2D eigenvalue weighted by Gasteiger charge is -2.22. The minimum absolute atomic E-state index is 0.245. The van der Waals surface area contributed by atoms with E-state index in [1.54, 1.807) is 25.7 Å². The van der Waals surface area contributed by atoms with Crippen LogP contribution in [-0.2, 0) is 20.5 Å². The Balaban J connectivity index is 1.60. The lowest BCUT2D eigenvalue weighted by Crippen LogP contribution is -2.43. The zero-order valence-corrected chi connectivity index (χ0v) is 16.9. The summed E-state index contributed by atoms with van der Waals surface area (Å²) in [5.41, 5.74) is 1.69. The van der Waals surface area contributed by atoms with E-state index in [2.05, 4.69) is 10.8 Å². The van der Waals surface area contributed by atoms with Gasteiger partial charge < -0.3 is 15.0 Å². The van der Waals surface area contributed by atoms with Crippen molar-refractivity contribution in [2.24, 2.45) is 0 Å². The third-order valence-corrected chi connectivity index (χ3v) is 4.58. The SMILES string of the molecule is CC(C)(C)OC(=O)N[C@H]1CCN(C(=O)C2C=C(c3cccc(C(F)(F)F)c3)NO2)C1. The van der Waals surface area contributed by atoms with Crippen LogP contribution in [0.4, 0.5) is 18.0 Å². The Kier molecular flexibility index (Phi) is 5.98. The monoisotopic (exact) mass is 427 g/mol. The molecule has 1 aromatic rings. The minimum Gasteiger partial charge on any atom is -0.444 e. The molecule has 1 fully saturated rings. The van der Waals surface area contributed by atoms with E-state index in [4.69, 9.17) is 9.57 Å².